The number of carboxylic acids is 1. The minimum atomic E-state index is -1.06. The van der Waals surface area contributed by atoms with Gasteiger partial charge in [0.2, 0.25) is 0 Å². The number of rotatable bonds is 6. The number of carboxylic acid groups (broad SMARTS) is 1. The molecule has 1 aromatic carbocycles. The Bertz CT molecular complexity index is 540. The quantitative estimate of drug-likeness (QED) is 0.745. The molecule has 0 spiro atoms. The SMILES string of the molecule is CCN(CC(=O)O)C(=O)c1ccc(NC(=O)NC(C)C)cc1. The lowest BCUT2D eigenvalue weighted by atomic mass is 10.2. The number of nitrogens with zero attached hydrogens (tertiary/aromatic N) is 1. The molecule has 0 saturated heterocycles. The molecule has 0 fully saturated rings. The molecule has 120 valence electrons. The normalized spacial score (nSPS) is 10.2. The lowest BCUT2D eigenvalue weighted by molar-refractivity contribution is -0.137. The third-order valence-corrected chi connectivity index (χ3v) is 2.80. The fourth-order valence-electron chi connectivity index (χ4n) is 1.80. The number of urea groups is 1. The highest BCUT2D eigenvalue weighted by Crippen LogP contribution is 2.11. The van der Waals surface area contributed by atoms with Crippen molar-refractivity contribution in [1.82, 2.24) is 10.2 Å². The summed E-state index contributed by atoms with van der Waals surface area (Å²) >= 11 is 0. The summed E-state index contributed by atoms with van der Waals surface area (Å²) in [5.74, 6) is -1.41. The Labute approximate surface area is 129 Å². The summed E-state index contributed by atoms with van der Waals surface area (Å²) in [6.45, 7) is 5.38. The molecule has 7 nitrogen and oxygen atoms in total. The number of hydrogen-bond donors (Lipinski definition) is 3. The van der Waals surface area contributed by atoms with E-state index in [-0.39, 0.29) is 24.5 Å². The largest absolute Gasteiger partial charge is 0.480 e. The van der Waals surface area contributed by atoms with Crippen molar-refractivity contribution < 1.29 is 19.5 Å². The second kappa shape index (κ2) is 8.02. The molecule has 0 saturated carbocycles. The van der Waals surface area contributed by atoms with Crippen LogP contribution in [0.15, 0.2) is 24.3 Å². The van der Waals surface area contributed by atoms with Crippen molar-refractivity contribution in [1.29, 1.82) is 0 Å². The van der Waals surface area contributed by atoms with Crippen molar-refractivity contribution in [3.8, 4) is 0 Å². The van der Waals surface area contributed by atoms with E-state index in [2.05, 4.69) is 10.6 Å². The number of likely N-dealkylation sites (N-methyl/N-ethyl adjacent to an activating group) is 1. The Morgan fingerprint density at radius 2 is 1.77 bits per heavy atom. The van der Waals surface area contributed by atoms with Crippen molar-refractivity contribution in [2.75, 3.05) is 18.4 Å². The zero-order chi connectivity index (χ0) is 16.7. The Hall–Kier alpha value is -2.57. The molecule has 0 radical (unpaired) electrons. The predicted molar refractivity (Wildman–Crippen MR) is 82.9 cm³/mol. The van der Waals surface area contributed by atoms with Crippen LogP contribution < -0.4 is 10.6 Å². The van der Waals surface area contributed by atoms with Crippen LogP contribution in [-0.2, 0) is 4.79 Å². The topological polar surface area (TPSA) is 98.7 Å². The molecular weight excluding hydrogens is 286 g/mol. The maximum absolute atomic E-state index is 12.2. The van der Waals surface area contributed by atoms with Crippen molar-refractivity contribution >= 4 is 23.6 Å². The van der Waals surface area contributed by atoms with Gasteiger partial charge in [-0.3, -0.25) is 9.59 Å². The Balaban J connectivity index is 2.73. The van der Waals surface area contributed by atoms with Crippen molar-refractivity contribution in [3.05, 3.63) is 29.8 Å². The van der Waals surface area contributed by atoms with Gasteiger partial charge in [0, 0.05) is 23.8 Å². The van der Waals surface area contributed by atoms with Gasteiger partial charge < -0.3 is 20.6 Å². The molecule has 0 atom stereocenters. The number of anilines is 1. The minimum Gasteiger partial charge on any atom is -0.480 e. The van der Waals surface area contributed by atoms with Gasteiger partial charge in [0.05, 0.1) is 0 Å². The summed E-state index contributed by atoms with van der Waals surface area (Å²) in [6, 6.07) is 6.00. The van der Waals surface area contributed by atoms with Crippen LogP contribution in [0, 0.1) is 0 Å². The first kappa shape index (κ1) is 17.5. The van der Waals surface area contributed by atoms with Gasteiger partial charge in [-0.15, -0.1) is 0 Å². The van der Waals surface area contributed by atoms with Gasteiger partial charge in [0.1, 0.15) is 6.54 Å². The summed E-state index contributed by atoms with van der Waals surface area (Å²) in [5.41, 5.74) is 0.925. The van der Waals surface area contributed by atoms with Crippen LogP contribution in [0.3, 0.4) is 0 Å². The highest BCUT2D eigenvalue weighted by atomic mass is 16.4. The van der Waals surface area contributed by atoms with Gasteiger partial charge in [-0.1, -0.05) is 0 Å². The van der Waals surface area contributed by atoms with Gasteiger partial charge in [-0.25, -0.2) is 4.79 Å². The molecule has 3 amide bonds. The van der Waals surface area contributed by atoms with E-state index in [9.17, 15) is 14.4 Å². The molecule has 0 aliphatic rings. The molecular formula is C15H21N3O4. The number of benzene rings is 1. The first-order valence-electron chi connectivity index (χ1n) is 7.02. The van der Waals surface area contributed by atoms with Crippen LogP contribution in [-0.4, -0.2) is 47.0 Å². The molecule has 0 bridgehead atoms. The standard InChI is InChI=1S/C15H21N3O4/c1-4-18(9-13(19)20)14(21)11-5-7-12(8-6-11)17-15(22)16-10(2)3/h5-8,10H,4,9H2,1-3H3,(H,19,20)(H2,16,17,22). The maximum atomic E-state index is 12.2. The minimum absolute atomic E-state index is 0.0231. The van der Waals surface area contributed by atoms with E-state index < -0.39 is 5.97 Å². The van der Waals surface area contributed by atoms with Crippen LogP contribution in [0.2, 0.25) is 0 Å². The smallest absolute Gasteiger partial charge is 0.323 e. The molecule has 22 heavy (non-hydrogen) atoms. The zero-order valence-corrected chi connectivity index (χ0v) is 12.9. The van der Waals surface area contributed by atoms with Gasteiger partial charge in [-0.05, 0) is 45.0 Å². The van der Waals surface area contributed by atoms with E-state index >= 15 is 0 Å². The summed E-state index contributed by atoms with van der Waals surface area (Å²) in [4.78, 5) is 35.7. The van der Waals surface area contributed by atoms with Crippen LogP contribution in [0.25, 0.3) is 0 Å². The van der Waals surface area contributed by atoms with Gasteiger partial charge in [-0.2, -0.15) is 0 Å². The summed E-state index contributed by atoms with van der Waals surface area (Å²) in [7, 11) is 0. The van der Waals surface area contributed by atoms with E-state index in [1.807, 2.05) is 13.8 Å². The van der Waals surface area contributed by atoms with Crippen LogP contribution in [0.5, 0.6) is 0 Å². The van der Waals surface area contributed by atoms with Crippen LogP contribution in [0.1, 0.15) is 31.1 Å². The summed E-state index contributed by atoms with van der Waals surface area (Å²) in [6.07, 6.45) is 0. The number of hydrogen-bond acceptors (Lipinski definition) is 3. The molecule has 0 aliphatic heterocycles. The number of aliphatic carboxylic acids is 1. The van der Waals surface area contributed by atoms with Crippen LogP contribution >= 0.6 is 0 Å². The number of amides is 3. The Morgan fingerprint density at radius 1 is 1.18 bits per heavy atom. The van der Waals surface area contributed by atoms with Gasteiger partial charge in [0.15, 0.2) is 0 Å². The maximum Gasteiger partial charge on any atom is 0.323 e. The second-order valence-corrected chi connectivity index (χ2v) is 5.04. The first-order chi connectivity index (χ1) is 10.3. The highest BCUT2D eigenvalue weighted by molar-refractivity contribution is 5.96. The molecule has 0 unspecified atom stereocenters. The fourth-order valence-corrected chi connectivity index (χ4v) is 1.80. The highest BCUT2D eigenvalue weighted by Gasteiger charge is 2.16. The van der Waals surface area contributed by atoms with Crippen molar-refractivity contribution in [2.24, 2.45) is 0 Å². The third kappa shape index (κ3) is 5.43. The second-order valence-electron chi connectivity index (χ2n) is 5.04. The van der Waals surface area contributed by atoms with E-state index in [0.717, 1.165) is 0 Å². The van der Waals surface area contributed by atoms with Gasteiger partial charge >= 0.3 is 12.0 Å². The summed E-state index contributed by atoms with van der Waals surface area (Å²) in [5, 5.41) is 14.1. The lowest BCUT2D eigenvalue weighted by Crippen LogP contribution is -2.35. The monoisotopic (exact) mass is 307 g/mol. The molecule has 0 heterocycles. The van der Waals surface area contributed by atoms with E-state index in [1.165, 1.54) is 4.90 Å². The average Bonchev–Trinajstić information content (AvgIpc) is 2.43. The van der Waals surface area contributed by atoms with Crippen LogP contribution in [0.4, 0.5) is 10.5 Å². The number of nitrogens with one attached hydrogen (secondary N) is 2. The lowest BCUT2D eigenvalue weighted by Gasteiger charge is -2.18. The van der Waals surface area contributed by atoms with E-state index in [4.69, 9.17) is 5.11 Å². The van der Waals surface area contributed by atoms with Gasteiger partial charge in [0.25, 0.3) is 5.91 Å². The number of carbonyl (C=O) groups excluding carboxylic acids is 2. The average molecular weight is 307 g/mol. The Kier molecular flexibility index (Phi) is 6.37. The third-order valence-electron chi connectivity index (χ3n) is 2.80. The molecule has 1 aromatic rings. The molecule has 3 N–H and O–H groups in total. The zero-order valence-electron chi connectivity index (χ0n) is 12.9. The first-order valence-corrected chi connectivity index (χ1v) is 7.02. The summed E-state index contributed by atoms with van der Waals surface area (Å²) < 4.78 is 0. The van der Waals surface area contributed by atoms with E-state index in [1.54, 1.807) is 31.2 Å². The predicted octanol–water partition coefficient (Wildman–Crippen LogP) is 1.76. The van der Waals surface area contributed by atoms with E-state index in [0.29, 0.717) is 17.8 Å². The number of carbonyl (C=O) groups is 3. The molecule has 0 aromatic heterocycles. The van der Waals surface area contributed by atoms with Crippen molar-refractivity contribution in [3.63, 3.8) is 0 Å². The molecule has 0 aliphatic carbocycles. The molecule has 1 rings (SSSR count). The van der Waals surface area contributed by atoms with Crippen molar-refractivity contribution in [2.45, 2.75) is 26.8 Å². The fraction of sp³-hybridized carbons (Fsp3) is 0.400. The Morgan fingerprint density at radius 3 is 2.23 bits per heavy atom. The molecule has 7 heteroatoms.